The van der Waals surface area contributed by atoms with Gasteiger partial charge in [0.1, 0.15) is 0 Å². The predicted molar refractivity (Wildman–Crippen MR) is 121 cm³/mol. The SMILES string of the molecule is CCCCCCCc1cc2sc(CC[C@H]3CC[C@H](CCC)CC3)cc2s1. The van der Waals surface area contributed by atoms with Crippen molar-refractivity contribution in [3.8, 4) is 0 Å². The molecule has 1 aliphatic carbocycles. The van der Waals surface area contributed by atoms with Crippen LogP contribution in [0.2, 0.25) is 0 Å². The molecule has 1 aliphatic rings. The molecule has 2 heteroatoms. The second-order valence-corrected chi connectivity index (χ2v) is 10.9. The van der Waals surface area contributed by atoms with Gasteiger partial charge in [0, 0.05) is 19.2 Å². The van der Waals surface area contributed by atoms with Crippen LogP contribution in [0.15, 0.2) is 12.1 Å². The third-order valence-electron chi connectivity index (χ3n) is 6.30. The molecule has 0 aliphatic heterocycles. The van der Waals surface area contributed by atoms with Crippen LogP contribution in [0.25, 0.3) is 9.40 Å². The quantitative estimate of drug-likeness (QED) is 0.336. The molecule has 0 saturated heterocycles. The zero-order valence-corrected chi connectivity index (χ0v) is 18.7. The average molecular weight is 391 g/mol. The second-order valence-electron chi connectivity index (χ2n) is 8.53. The molecule has 1 saturated carbocycles. The van der Waals surface area contributed by atoms with E-state index in [-0.39, 0.29) is 0 Å². The second kappa shape index (κ2) is 10.9. The standard InChI is InChI=1S/C24H38S2/c1-3-5-6-7-8-10-21-17-23-24(25-21)18-22(26-23)16-15-20-13-11-19(9-4-2)12-14-20/h17-20H,3-16H2,1-2H3/t19-,20-. The van der Waals surface area contributed by atoms with Crippen molar-refractivity contribution in [3.05, 3.63) is 21.9 Å². The first kappa shape index (κ1) is 20.4. The van der Waals surface area contributed by atoms with Gasteiger partial charge in [0.05, 0.1) is 0 Å². The van der Waals surface area contributed by atoms with Crippen LogP contribution in [0.3, 0.4) is 0 Å². The topological polar surface area (TPSA) is 0 Å². The first-order chi connectivity index (χ1) is 12.8. The molecule has 0 N–H and O–H groups in total. The largest absolute Gasteiger partial charge is 0.139 e. The van der Waals surface area contributed by atoms with Crippen LogP contribution in [-0.2, 0) is 12.8 Å². The molecule has 2 aromatic heterocycles. The number of hydrogen-bond donors (Lipinski definition) is 0. The zero-order chi connectivity index (χ0) is 18.2. The van der Waals surface area contributed by atoms with Gasteiger partial charge in [-0.3, -0.25) is 0 Å². The highest BCUT2D eigenvalue weighted by molar-refractivity contribution is 7.27. The van der Waals surface area contributed by atoms with Gasteiger partial charge in [0.15, 0.2) is 0 Å². The molecule has 0 radical (unpaired) electrons. The molecular weight excluding hydrogens is 352 g/mol. The summed E-state index contributed by atoms with van der Waals surface area (Å²) in [5.74, 6) is 2.05. The van der Waals surface area contributed by atoms with Gasteiger partial charge in [-0.1, -0.05) is 78.1 Å². The van der Waals surface area contributed by atoms with E-state index < -0.39 is 0 Å². The molecule has 146 valence electrons. The Morgan fingerprint density at radius 3 is 1.88 bits per heavy atom. The van der Waals surface area contributed by atoms with Crippen molar-refractivity contribution in [2.45, 2.75) is 104 Å². The highest BCUT2D eigenvalue weighted by atomic mass is 32.1. The lowest BCUT2D eigenvalue weighted by Gasteiger charge is -2.28. The lowest BCUT2D eigenvalue weighted by molar-refractivity contribution is 0.252. The number of rotatable bonds is 11. The van der Waals surface area contributed by atoms with Gasteiger partial charge in [-0.05, 0) is 49.7 Å². The molecule has 2 heterocycles. The summed E-state index contributed by atoms with van der Waals surface area (Å²) in [7, 11) is 0. The fourth-order valence-corrected chi connectivity index (χ4v) is 7.15. The Balaban J connectivity index is 1.40. The lowest BCUT2D eigenvalue weighted by atomic mass is 9.78. The summed E-state index contributed by atoms with van der Waals surface area (Å²) in [5.41, 5.74) is 0. The van der Waals surface area contributed by atoms with Crippen molar-refractivity contribution >= 4 is 32.1 Å². The van der Waals surface area contributed by atoms with Crippen LogP contribution in [0, 0.1) is 11.8 Å². The number of fused-ring (bicyclic) bond motifs is 1. The van der Waals surface area contributed by atoms with Gasteiger partial charge >= 0.3 is 0 Å². The van der Waals surface area contributed by atoms with Crippen molar-refractivity contribution in [2.24, 2.45) is 11.8 Å². The smallest absolute Gasteiger partial charge is 0.0456 e. The fraction of sp³-hybridized carbons (Fsp3) is 0.750. The molecule has 0 aromatic carbocycles. The molecule has 0 atom stereocenters. The number of hydrogen-bond acceptors (Lipinski definition) is 2. The van der Waals surface area contributed by atoms with E-state index in [1.807, 2.05) is 0 Å². The van der Waals surface area contributed by atoms with Crippen molar-refractivity contribution < 1.29 is 0 Å². The molecule has 0 amide bonds. The van der Waals surface area contributed by atoms with E-state index in [9.17, 15) is 0 Å². The molecule has 0 bridgehead atoms. The predicted octanol–water partition coefficient (Wildman–Crippen LogP) is 9.01. The van der Waals surface area contributed by atoms with Crippen LogP contribution in [0.1, 0.15) is 101 Å². The van der Waals surface area contributed by atoms with Gasteiger partial charge in [0.25, 0.3) is 0 Å². The lowest BCUT2D eigenvalue weighted by Crippen LogP contribution is -2.14. The fourth-order valence-electron chi connectivity index (χ4n) is 4.65. The molecule has 2 aromatic rings. The van der Waals surface area contributed by atoms with Crippen molar-refractivity contribution in [3.63, 3.8) is 0 Å². The normalized spacial score (nSPS) is 20.8. The van der Waals surface area contributed by atoms with Crippen molar-refractivity contribution in [1.82, 2.24) is 0 Å². The summed E-state index contributed by atoms with van der Waals surface area (Å²) in [5, 5.41) is 0. The Kier molecular flexibility index (Phi) is 8.52. The minimum absolute atomic E-state index is 1.00. The van der Waals surface area contributed by atoms with Crippen molar-refractivity contribution in [2.75, 3.05) is 0 Å². The maximum absolute atomic E-state index is 2.51. The zero-order valence-electron chi connectivity index (χ0n) is 17.0. The van der Waals surface area contributed by atoms with E-state index in [2.05, 4.69) is 48.7 Å². The van der Waals surface area contributed by atoms with E-state index in [0.717, 1.165) is 11.8 Å². The summed E-state index contributed by atoms with van der Waals surface area (Å²) in [6, 6.07) is 5.00. The van der Waals surface area contributed by atoms with E-state index in [1.165, 1.54) is 89.9 Å². The van der Waals surface area contributed by atoms with Gasteiger partial charge in [0.2, 0.25) is 0 Å². The minimum atomic E-state index is 1.00. The highest BCUT2D eigenvalue weighted by Gasteiger charge is 2.20. The van der Waals surface area contributed by atoms with Crippen LogP contribution in [-0.4, -0.2) is 0 Å². The maximum atomic E-state index is 2.51. The number of unbranched alkanes of at least 4 members (excludes halogenated alkanes) is 4. The third kappa shape index (κ3) is 6.09. The highest BCUT2D eigenvalue weighted by Crippen LogP contribution is 2.37. The Bertz CT molecular complexity index is 596. The van der Waals surface area contributed by atoms with Crippen LogP contribution in [0.5, 0.6) is 0 Å². The molecule has 3 rings (SSSR count). The number of thiophene rings is 2. The molecular formula is C24H38S2. The van der Waals surface area contributed by atoms with Crippen LogP contribution < -0.4 is 0 Å². The Morgan fingerprint density at radius 2 is 1.27 bits per heavy atom. The van der Waals surface area contributed by atoms with Crippen molar-refractivity contribution in [1.29, 1.82) is 0 Å². The Morgan fingerprint density at radius 1 is 0.692 bits per heavy atom. The van der Waals surface area contributed by atoms with Gasteiger partial charge < -0.3 is 0 Å². The molecule has 1 fully saturated rings. The van der Waals surface area contributed by atoms with Gasteiger partial charge in [-0.15, -0.1) is 22.7 Å². The molecule has 0 unspecified atom stereocenters. The Hall–Kier alpha value is -0.340. The first-order valence-corrected chi connectivity index (χ1v) is 12.9. The molecule has 26 heavy (non-hydrogen) atoms. The first-order valence-electron chi connectivity index (χ1n) is 11.3. The summed E-state index contributed by atoms with van der Waals surface area (Å²) in [6.07, 6.45) is 19.8. The monoisotopic (exact) mass is 390 g/mol. The molecule has 0 spiro atoms. The van der Waals surface area contributed by atoms with E-state index >= 15 is 0 Å². The summed E-state index contributed by atoms with van der Waals surface area (Å²) >= 11 is 4.13. The minimum Gasteiger partial charge on any atom is -0.139 e. The van der Waals surface area contributed by atoms with E-state index in [4.69, 9.17) is 0 Å². The summed E-state index contributed by atoms with van der Waals surface area (Å²) < 4.78 is 3.11. The number of aryl methyl sites for hydroxylation is 2. The molecule has 0 nitrogen and oxygen atoms in total. The van der Waals surface area contributed by atoms with Crippen LogP contribution >= 0.6 is 22.7 Å². The third-order valence-corrected chi connectivity index (χ3v) is 8.71. The maximum Gasteiger partial charge on any atom is 0.0456 e. The van der Waals surface area contributed by atoms with Gasteiger partial charge in [-0.25, -0.2) is 0 Å². The van der Waals surface area contributed by atoms with E-state index in [0.29, 0.717) is 0 Å². The van der Waals surface area contributed by atoms with E-state index in [1.54, 1.807) is 19.2 Å². The summed E-state index contributed by atoms with van der Waals surface area (Å²) in [6.45, 7) is 4.63. The van der Waals surface area contributed by atoms with Crippen LogP contribution in [0.4, 0.5) is 0 Å². The van der Waals surface area contributed by atoms with Gasteiger partial charge in [-0.2, -0.15) is 0 Å². The Labute approximate surface area is 169 Å². The average Bonchev–Trinajstić information content (AvgIpc) is 3.19. The summed E-state index contributed by atoms with van der Waals surface area (Å²) in [4.78, 5) is 3.25.